The van der Waals surface area contributed by atoms with Crippen LogP contribution in [0.25, 0.3) is 0 Å². The first kappa shape index (κ1) is 16.6. The van der Waals surface area contributed by atoms with E-state index >= 15 is 0 Å². The average molecular weight is 346 g/mol. The number of hydrogen-bond donors (Lipinski definition) is 2. The van der Waals surface area contributed by atoms with Crippen molar-refractivity contribution in [1.82, 2.24) is 9.71 Å². The molecule has 0 spiro atoms. The van der Waals surface area contributed by atoms with Gasteiger partial charge in [0.25, 0.3) is 0 Å². The van der Waals surface area contributed by atoms with Crippen LogP contribution in [0.4, 0.5) is 0 Å². The van der Waals surface area contributed by atoms with E-state index in [0.717, 1.165) is 16.3 Å². The maximum absolute atomic E-state index is 12.4. The minimum absolute atomic E-state index is 0.150. The summed E-state index contributed by atoms with van der Waals surface area (Å²) < 4.78 is 27.5. The SMILES string of the molecule is CCc1cnc(C(C)NS(=O)(=O)c2cc(CO)sc2C)s1. The van der Waals surface area contributed by atoms with Crippen molar-refractivity contribution in [2.24, 2.45) is 0 Å². The van der Waals surface area contributed by atoms with Crippen molar-refractivity contribution in [1.29, 1.82) is 0 Å². The molecule has 5 nitrogen and oxygen atoms in total. The summed E-state index contributed by atoms with van der Waals surface area (Å²) in [5.41, 5.74) is 0. The highest BCUT2D eigenvalue weighted by molar-refractivity contribution is 7.89. The van der Waals surface area contributed by atoms with Gasteiger partial charge in [-0.05, 0) is 26.3 Å². The molecule has 21 heavy (non-hydrogen) atoms. The Kier molecular flexibility index (Phi) is 5.15. The molecule has 2 heterocycles. The van der Waals surface area contributed by atoms with E-state index in [-0.39, 0.29) is 17.5 Å². The van der Waals surface area contributed by atoms with Crippen molar-refractivity contribution in [3.05, 3.63) is 31.9 Å². The summed E-state index contributed by atoms with van der Waals surface area (Å²) in [6.07, 6.45) is 2.67. The number of sulfonamides is 1. The van der Waals surface area contributed by atoms with E-state index in [1.807, 2.05) is 6.92 Å². The molecule has 116 valence electrons. The second kappa shape index (κ2) is 6.53. The van der Waals surface area contributed by atoms with E-state index in [1.165, 1.54) is 28.7 Å². The molecule has 0 aliphatic carbocycles. The van der Waals surface area contributed by atoms with Crippen molar-refractivity contribution in [2.45, 2.75) is 44.7 Å². The van der Waals surface area contributed by atoms with Crippen molar-refractivity contribution >= 4 is 32.7 Å². The number of thiophene rings is 1. The van der Waals surface area contributed by atoms with Gasteiger partial charge >= 0.3 is 0 Å². The molecule has 0 aromatic carbocycles. The van der Waals surface area contributed by atoms with Crippen LogP contribution in [0, 0.1) is 6.92 Å². The van der Waals surface area contributed by atoms with E-state index < -0.39 is 10.0 Å². The molecule has 2 N–H and O–H groups in total. The molecule has 8 heteroatoms. The van der Waals surface area contributed by atoms with Crippen molar-refractivity contribution in [3.8, 4) is 0 Å². The monoisotopic (exact) mass is 346 g/mol. The lowest BCUT2D eigenvalue weighted by molar-refractivity contribution is 0.285. The second-order valence-corrected chi connectivity index (χ2v) is 8.82. The third-order valence-corrected chi connectivity index (χ3v) is 7.15. The highest BCUT2D eigenvalue weighted by Gasteiger charge is 2.23. The van der Waals surface area contributed by atoms with Gasteiger partial charge in [0.2, 0.25) is 10.0 Å². The Balaban J connectivity index is 2.21. The van der Waals surface area contributed by atoms with Gasteiger partial charge in [0.1, 0.15) is 5.01 Å². The number of hydrogen-bond acceptors (Lipinski definition) is 6. The molecule has 0 aliphatic rings. The molecular weight excluding hydrogens is 328 g/mol. The predicted octanol–water partition coefficient (Wildman–Crippen LogP) is 2.61. The summed E-state index contributed by atoms with van der Waals surface area (Å²) in [6, 6.07) is 1.14. The molecular formula is C13H18N2O3S3. The minimum atomic E-state index is -3.61. The first-order chi connectivity index (χ1) is 9.87. The van der Waals surface area contributed by atoms with Gasteiger partial charge in [0.15, 0.2) is 0 Å². The van der Waals surface area contributed by atoms with Crippen LogP contribution in [-0.2, 0) is 23.1 Å². The molecule has 2 aromatic rings. The number of aliphatic hydroxyl groups is 1. The number of nitrogens with zero attached hydrogens (tertiary/aromatic N) is 1. The van der Waals surface area contributed by atoms with Gasteiger partial charge in [-0.2, -0.15) is 0 Å². The van der Waals surface area contributed by atoms with Crippen LogP contribution >= 0.6 is 22.7 Å². The first-order valence-electron chi connectivity index (χ1n) is 6.54. The van der Waals surface area contributed by atoms with E-state index in [1.54, 1.807) is 20.0 Å². The third-order valence-electron chi connectivity index (χ3n) is 2.99. The predicted molar refractivity (Wildman–Crippen MR) is 85.2 cm³/mol. The fourth-order valence-electron chi connectivity index (χ4n) is 1.90. The van der Waals surface area contributed by atoms with E-state index in [2.05, 4.69) is 9.71 Å². The smallest absolute Gasteiger partial charge is 0.242 e. The van der Waals surface area contributed by atoms with Gasteiger partial charge in [-0.15, -0.1) is 22.7 Å². The molecule has 0 aliphatic heterocycles. The summed E-state index contributed by atoms with van der Waals surface area (Å²) >= 11 is 2.80. The van der Waals surface area contributed by atoms with Crippen LogP contribution < -0.4 is 4.72 Å². The number of nitrogens with one attached hydrogen (secondary N) is 1. The molecule has 1 atom stereocenters. The molecule has 1 unspecified atom stereocenters. The maximum atomic E-state index is 12.4. The molecule has 0 saturated carbocycles. The Labute approximate surface area is 132 Å². The normalized spacial score (nSPS) is 13.5. The topological polar surface area (TPSA) is 79.3 Å². The molecule has 0 fully saturated rings. The number of aliphatic hydroxyl groups excluding tert-OH is 1. The summed E-state index contributed by atoms with van der Waals surface area (Å²) in [7, 11) is -3.61. The van der Waals surface area contributed by atoms with E-state index in [4.69, 9.17) is 5.11 Å². The zero-order chi connectivity index (χ0) is 15.6. The minimum Gasteiger partial charge on any atom is -0.391 e. The highest BCUT2D eigenvalue weighted by Crippen LogP contribution is 2.28. The highest BCUT2D eigenvalue weighted by atomic mass is 32.2. The Morgan fingerprint density at radius 2 is 2.10 bits per heavy atom. The summed E-state index contributed by atoms with van der Waals surface area (Å²) in [6.45, 7) is 5.41. The van der Waals surface area contributed by atoms with Crippen LogP contribution in [0.15, 0.2) is 17.2 Å². The molecule has 0 bridgehead atoms. The fourth-order valence-corrected chi connectivity index (χ4v) is 5.54. The van der Waals surface area contributed by atoms with Crippen LogP contribution in [0.2, 0.25) is 0 Å². The number of aromatic nitrogens is 1. The van der Waals surface area contributed by atoms with Gasteiger partial charge in [0, 0.05) is 20.8 Å². The molecule has 2 aromatic heterocycles. The standard InChI is InChI=1S/C13H18N2O3S3/c1-4-10-6-14-13(20-10)8(2)15-21(17,18)12-5-11(7-16)19-9(12)3/h5-6,8,15-16H,4,7H2,1-3H3. The molecule has 0 amide bonds. The number of thiazole rings is 1. The van der Waals surface area contributed by atoms with Gasteiger partial charge < -0.3 is 5.11 Å². The third kappa shape index (κ3) is 3.70. The zero-order valence-electron chi connectivity index (χ0n) is 12.1. The quantitative estimate of drug-likeness (QED) is 0.843. The van der Waals surface area contributed by atoms with Gasteiger partial charge in [-0.25, -0.2) is 18.1 Å². The van der Waals surface area contributed by atoms with Crippen LogP contribution in [0.5, 0.6) is 0 Å². The van der Waals surface area contributed by atoms with Crippen LogP contribution in [0.3, 0.4) is 0 Å². The molecule has 2 rings (SSSR count). The van der Waals surface area contributed by atoms with Crippen LogP contribution in [-0.4, -0.2) is 18.5 Å². The average Bonchev–Trinajstić information content (AvgIpc) is 3.04. The Morgan fingerprint density at radius 3 is 2.62 bits per heavy atom. The zero-order valence-corrected chi connectivity index (χ0v) is 14.5. The van der Waals surface area contributed by atoms with Gasteiger partial charge in [0.05, 0.1) is 17.5 Å². The van der Waals surface area contributed by atoms with E-state index in [9.17, 15) is 8.42 Å². The number of rotatable bonds is 6. The van der Waals surface area contributed by atoms with E-state index in [0.29, 0.717) is 9.75 Å². The Hall–Kier alpha value is -0.800. The van der Waals surface area contributed by atoms with Crippen molar-refractivity contribution < 1.29 is 13.5 Å². The first-order valence-corrected chi connectivity index (χ1v) is 9.66. The Morgan fingerprint density at radius 1 is 1.38 bits per heavy atom. The van der Waals surface area contributed by atoms with Gasteiger partial charge in [-0.1, -0.05) is 6.92 Å². The van der Waals surface area contributed by atoms with Gasteiger partial charge in [-0.3, -0.25) is 0 Å². The van der Waals surface area contributed by atoms with Crippen molar-refractivity contribution in [3.63, 3.8) is 0 Å². The lowest BCUT2D eigenvalue weighted by atomic mass is 10.4. The molecule has 0 radical (unpaired) electrons. The number of aryl methyl sites for hydroxylation is 2. The molecule has 0 saturated heterocycles. The van der Waals surface area contributed by atoms with Crippen molar-refractivity contribution in [2.75, 3.05) is 0 Å². The largest absolute Gasteiger partial charge is 0.391 e. The fraction of sp³-hybridized carbons (Fsp3) is 0.462. The lowest BCUT2D eigenvalue weighted by Gasteiger charge is -2.11. The van der Waals surface area contributed by atoms with Crippen LogP contribution in [0.1, 0.15) is 39.5 Å². The maximum Gasteiger partial charge on any atom is 0.242 e. The summed E-state index contributed by atoms with van der Waals surface area (Å²) in [5, 5.41) is 9.87. The summed E-state index contributed by atoms with van der Waals surface area (Å²) in [4.78, 5) is 6.94. The second-order valence-electron chi connectivity index (χ2n) is 4.65. The Bertz CT molecular complexity index is 719. The summed E-state index contributed by atoms with van der Waals surface area (Å²) in [5.74, 6) is 0. The lowest BCUT2D eigenvalue weighted by Crippen LogP contribution is -2.27.